The average Bonchev–Trinajstić information content (AvgIpc) is 2.75. The van der Waals surface area contributed by atoms with Gasteiger partial charge in [-0.1, -0.05) is 23.7 Å². The maximum Gasteiger partial charge on any atom is 0.0900 e. The van der Waals surface area contributed by atoms with E-state index >= 15 is 0 Å². The first-order valence-corrected chi connectivity index (χ1v) is 9.93. The van der Waals surface area contributed by atoms with Crippen molar-refractivity contribution in [3.8, 4) is 17.1 Å². The van der Waals surface area contributed by atoms with Gasteiger partial charge in [-0.2, -0.15) is 0 Å². The summed E-state index contributed by atoms with van der Waals surface area (Å²) in [7, 11) is 0. The van der Waals surface area contributed by atoms with Crippen LogP contribution in [-0.2, 0) is 0 Å². The van der Waals surface area contributed by atoms with Crippen molar-refractivity contribution < 1.29 is 0 Å². The molecule has 5 nitrogen and oxygen atoms in total. The van der Waals surface area contributed by atoms with Crippen LogP contribution < -0.4 is 10.7 Å². The molecule has 0 fully saturated rings. The van der Waals surface area contributed by atoms with E-state index in [4.69, 9.17) is 22.0 Å². The molecule has 1 aromatic heterocycles. The zero-order chi connectivity index (χ0) is 20.7. The maximum atomic E-state index is 8.63. The Labute approximate surface area is 178 Å². The molecular formula is C24H18ClN5. The number of hydrogen-bond acceptors (Lipinski definition) is 4. The normalized spacial score (nSPS) is 11.1. The molecule has 2 N–H and O–H groups in total. The molecule has 30 heavy (non-hydrogen) atoms. The maximum absolute atomic E-state index is 8.63. The molecule has 0 saturated heterocycles. The van der Waals surface area contributed by atoms with Gasteiger partial charge in [0.25, 0.3) is 0 Å². The number of pyridine rings is 1. The summed E-state index contributed by atoms with van der Waals surface area (Å²) in [6, 6.07) is 23.3. The van der Waals surface area contributed by atoms with E-state index in [2.05, 4.69) is 14.9 Å². The molecule has 3 aromatic rings. The highest BCUT2D eigenvalue weighted by molar-refractivity contribution is 6.30. The van der Waals surface area contributed by atoms with Gasteiger partial charge in [-0.25, -0.2) is 4.98 Å². The van der Waals surface area contributed by atoms with Crippen molar-refractivity contribution in [2.24, 2.45) is 0 Å². The monoisotopic (exact) mass is 411 g/mol. The van der Waals surface area contributed by atoms with Crippen molar-refractivity contribution in [2.75, 3.05) is 5.32 Å². The fraction of sp³-hybridized carbons (Fsp3) is 0.0417. The van der Waals surface area contributed by atoms with Crippen molar-refractivity contribution in [3.63, 3.8) is 0 Å². The molecular weight excluding hydrogens is 394 g/mol. The van der Waals surface area contributed by atoms with Crippen LogP contribution in [0.25, 0.3) is 28.1 Å². The molecule has 6 heteroatoms. The molecule has 0 radical (unpaired) electrons. The fourth-order valence-electron chi connectivity index (χ4n) is 3.59. The van der Waals surface area contributed by atoms with E-state index in [-0.39, 0.29) is 0 Å². The predicted molar refractivity (Wildman–Crippen MR) is 121 cm³/mol. The van der Waals surface area contributed by atoms with E-state index in [9.17, 15) is 0 Å². The minimum atomic E-state index is 0.380. The molecule has 1 aliphatic heterocycles. The summed E-state index contributed by atoms with van der Waals surface area (Å²) in [6.45, 7) is 1.94. The first kappa shape index (κ1) is 18.3. The standard InChI is InChI=1S/C24H18ClN5/c1-15-19(6-4-12-27-15)28-21-14-22-24(13-18(21)26)30(17-10-8-16(25)9-11-17)23-7-3-2-5-20(23)29-22/h2-14,26,28H,1H3. The first-order valence-electron chi connectivity index (χ1n) is 9.55. The first-order chi connectivity index (χ1) is 14.6. The highest BCUT2D eigenvalue weighted by Crippen LogP contribution is 2.30. The number of aromatic nitrogens is 3. The second-order valence-electron chi connectivity index (χ2n) is 7.06. The molecule has 2 aliphatic rings. The zero-order valence-electron chi connectivity index (χ0n) is 16.2. The SMILES string of the molecule is Cc1ncccc1Nc1cc2nc3ccccc3n(-c3ccc(Cl)cc3)c-2cc1=N. The second-order valence-corrected chi connectivity index (χ2v) is 7.50. The quantitative estimate of drug-likeness (QED) is 0.373. The second kappa shape index (κ2) is 7.28. The average molecular weight is 412 g/mol. The van der Waals surface area contributed by atoms with E-state index < -0.39 is 0 Å². The predicted octanol–water partition coefficient (Wildman–Crippen LogP) is 5.71. The highest BCUT2D eigenvalue weighted by atomic mass is 35.5. The Morgan fingerprint density at radius 2 is 1.73 bits per heavy atom. The minimum Gasteiger partial charge on any atom is -0.352 e. The number of para-hydroxylation sites is 2. The molecule has 2 aromatic carbocycles. The summed E-state index contributed by atoms with van der Waals surface area (Å²) in [5.74, 6) is 0. The van der Waals surface area contributed by atoms with Gasteiger partial charge in [0.1, 0.15) is 0 Å². The fourth-order valence-corrected chi connectivity index (χ4v) is 3.71. The zero-order valence-corrected chi connectivity index (χ0v) is 17.0. The van der Waals surface area contributed by atoms with Crippen molar-refractivity contribution in [1.29, 1.82) is 5.41 Å². The molecule has 2 heterocycles. The van der Waals surface area contributed by atoms with Crippen LogP contribution in [0.15, 0.2) is 79.0 Å². The topological polar surface area (TPSA) is 66.6 Å². The van der Waals surface area contributed by atoms with E-state index in [0.29, 0.717) is 16.1 Å². The lowest BCUT2D eigenvalue weighted by Crippen LogP contribution is -2.14. The molecule has 0 unspecified atom stereocenters. The molecule has 0 amide bonds. The van der Waals surface area contributed by atoms with E-state index in [0.717, 1.165) is 39.5 Å². The summed E-state index contributed by atoms with van der Waals surface area (Å²) >= 11 is 6.11. The Balaban J connectivity index is 1.76. The van der Waals surface area contributed by atoms with Gasteiger partial charge in [0.05, 0.1) is 44.8 Å². The summed E-state index contributed by atoms with van der Waals surface area (Å²) in [4.78, 5) is 9.18. The van der Waals surface area contributed by atoms with Crippen molar-refractivity contribution in [3.05, 3.63) is 95.1 Å². The Bertz CT molecular complexity index is 1410. The number of hydrogen-bond donors (Lipinski definition) is 2. The Kier molecular flexibility index (Phi) is 4.45. The van der Waals surface area contributed by atoms with Crippen LogP contribution >= 0.6 is 11.6 Å². The third-order valence-electron chi connectivity index (χ3n) is 5.08. The van der Waals surface area contributed by atoms with Gasteiger partial charge in [-0.15, -0.1) is 0 Å². The van der Waals surface area contributed by atoms with Crippen LogP contribution in [0.5, 0.6) is 0 Å². The molecule has 0 bridgehead atoms. The molecule has 0 spiro atoms. The Morgan fingerprint density at radius 3 is 2.53 bits per heavy atom. The Hall–Kier alpha value is -3.70. The van der Waals surface area contributed by atoms with Gasteiger partial charge in [-0.05, 0) is 67.6 Å². The molecule has 5 rings (SSSR count). The number of fused-ring (bicyclic) bond motifs is 2. The lowest BCUT2D eigenvalue weighted by Gasteiger charge is -2.20. The van der Waals surface area contributed by atoms with Crippen molar-refractivity contribution >= 4 is 34.0 Å². The van der Waals surface area contributed by atoms with Crippen molar-refractivity contribution in [2.45, 2.75) is 6.92 Å². The van der Waals surface area contributed by atoms with Gasteiger partial charge in [0, 0.05) is 16.9 Å². The largest absolute Gasteiger partial charge is 0.352 e. The summed E-state index contributed by atoms with van der Waals surface area (Å²) in [5, 5.41) is 13.0. The number of rotatable bonds is 3. The minimum absolute atomic E-state index is 0.380. The smallest absolute Gasteiger partial charge is 0.0900 e. The highest BCUT2D eigenvalue weighted by Gasteiger charge is 2.16. The molecule has 0 atom stereocenters. The third-order valence-corrected chi connectivity index (χ3v) is 5.33. The summed E-state index contributed by atoms with van der Waals surface area (Å²) in [5.41, 5.74) is 6.89. The number of aryl methyl sites for hydroxylation is 1. The molecule has 1 aliphatic carbocycles. The number of benzene rings is 3. The van der Waals surface area contributed by atoms with Gasteiger partial charge in [0.15, 0.2) is 0 Å². The third kappa shape index (κ3) is 3.19. The number of anilines is 2. The van der Waals surface area contributed by atoms with Crippen LogP contribution in [0.3, 0.4) is 0 Å². The van der Waals surface area contributed by atoms with Crippen LogP contribution in [0.1, 0.15) is 5.69 Å². The van der Waals surface area contributed by atoms with Gasteiger partial charge in [-0.3, -0.25) is 10.4 Å². The van der Waals surface area contributed by atoms with Crippen molar-refractivity contribution in [1.82, 2.24) is 14.5 Å². The van der Waals surface area contributed by atoms with E-state index in [1.807, 2.05) is 79.7 Å². The summed E-state index contributed by atoms with van der Waals surface area (Å²) in [6.07, 6.45) is 1.76. The summed E-state index contributed by atoms with van der Waals surface area (Å²) < 4.78 is 2.12. The molecule has 0 saturated carbocycles. The molecule has 146 valence electrons. The van der Waals surface area contributed by atoms with E-state index in [1.165, 1.54) is 0 Å². The van der Waals surface area contributed by atoms with Crippen LogP contribution in [0, 0.1) is 12.3 Å². The van der Waals surface area contributed by atoms with Crippen LogP contribution in [0.4, 0.5) is 11.4 Å². The lowest BCUT2D eigenvalue weighted by molar-refractivity contribution is 1.07. The van der Waals surface area contributed by atoms with Gasteiger partial charge < -0.3 is 9.88 Å². The number of nitrogens with zero attached hydrogens (tertiary/aromatic N) is 3. The number of halogens is 1. The number of nitrogens with one attached hydrogen (secondary N) is 2. The van der Waals surface area contributed by atoms with E-state index in [1.54, 1.807) is 6.20 Å². The Morgan fingerprint density at radius 1 is 0.933 bits per heavy atom. The van der Waals surface area contributed by atoms with Gasteiger partial charge in [0.2, 0.25) is 0 Å². The lowest BCUT2D eigenvalue weighted by atomic mass is 10.1. The van der Waals surface area contributed by atoms with Crippen LogP contribution in [0.2, 0.25) is 5.02 Å². The van der Waals surface area contributed by atoms with Gasteiger partial charge >= 0.3 is 0 Å². The van der Waals surface area contributed by atoms with Crippen LogP contribution in [-0.4, -0.2) is 14.5 Å².